The zero-order valence-electron chi connectivity index (χ0n) is 10.8. The van der Waals surface area contributed by atoms with Gasteiger partial charge in [-0.1, -0.05) is 45.2 Å². The number of ether oxygens (including phenoxy) is 2. The summed E-state index contributed by atoms with van der Waals surface area (Å²) < 4.78 is 11.8. The lowest BCUT2D eigenvalue weighted by molar-refractivity contribution is 0.169. The molecule has 0 spiro atoms. The topological polar surface area (TPSA) is 38.7 Å². The molecule has 3 rings (SSSR count). The zero-order chi connectivity index (χ0) is 15.0. The van der Waals surface area contributed by atoms with Crippen molar-refractivity contribution in [3.05, 3.63) is 56.0 Å². The van der Waals surface area contributed by atoms with E-state index in [9.17, 15) is 5.11 Å². The van der Waals surface area contributed by atoms with Gasteiger partial charge in [-0.2, -0.15) is 0 Å². The van der Waals surface area contributed by atoms with Gasteiger partial charge in [0.15, 0.2) is 11.5 Å². The number of hydrogen-bond donors (Lipinski definition) is 1. The van der Waals surface area contributed by atoms with E-state index >= 15 is 0 Å². The van der Waals surface area contributed by atoms with Crippen molar-refractivity contribution in [2.45, 2.75) is 6.10 Å². The van der Waals surface area contributed by atoms with Crippen molar-refractivity contribution >= 4 is 39.1 Å². The first-order chi connectivity index (χ1) is 10.1. The van der Waals surface area contributed by atoms with Gasteiger partial charge in [0.2, 0.25) is 0 Å². The lowest BCUT2D eigenvalue weighted by Crippen LogP contribution is -2.16. The predicted molar refractivity (Wildman–Crippen MR) is 85.7 cm³/mol. The molecule has 0 amide bonds. The molecule has 110 valence electrons. The van der Waals surface area contributed by atoms with E-state index in [4.69, 9.17) is 32.7 Å². The molecule has 0 saturated heterocycles. The molecule has 0 radical (unpaired) electrons. The highest BCUT2D eigenvalue weighted by molar-refractivity contribution is 9.10. The van der Waals surface area contributed by atoms with Crippen molar-refractivity contribution in [2.24, 2.45) is 0 Å². The minimum absolute atomic E-state index is 0.414. The third-order valence-corrected chi connectivity index (χ3v) is 4.58. The van der Waals surface area contributed by atoms with Crippen LogP contribution in [0.25, 0.3) is 0 Å². The van der Waals surface area contributed by atoms with Crippen LogP contribution in [0.15, 0.2) is 34.8 Å². The molecule has 0 bridgehead atoms. The van der Waals surface area contributed by atoms with Crippen LogP contribution in [0.5, 0.6) is 11.5 Å². The quantitative estimate of drug-likeness (QED) is 0.815. The van der Waals surface area contributed by atoms with Gasteiger partial charge in [-0.15, -0.1) is 0 Å². The lowest BCUT2D eigenvalue weighted by Gasteiger charge is -2.22. The number of aliphatic hydroxyl groups excluding tert-OH is 1. The second-order valence-electron chi connectivity index (χ2n) is 4.56. The molecule has 21 heavy (non-hydrogen) atoms. The Kier molecular flexibility index (Phi) is 4.31. The second-order valence-corrected chi connectivity index (χ2v) is 6.22. The Morgan fingerprint density at radius 2 is 1.62 bits per heavy atom. The van der Waals surface area contributed by atoms with Gasteiger partial charge < -0.3 is 14.6 Å². The monoisotopic (exact) mass is 388 g/mol. The van der Waals surface area contributed by atoms with Gasteiger partial charge in [-0.05, 0) is 24.3 Å². The van der Waals surface area contributed by atoms with Crippen LogP contribution in [-0.4, -0.2) is 18.3 Å². The van der Waals surface area contributed by atoms with Crippen LogP contribution in [0, 0.1) is 0 Å². The van der Waals surface area contributed by atoms with Crippen LogP contribution in [0.1, 0.15) is 17.2 Å². The Bertz CT molecular complexity index is 671. The Labute approximate surface area is 140 Å². The Morgan fingerprint density at radius 1 is 1.05 bits per heavy atom. The molecule has 0 aromatic heterocycles. The summed E-state index contributed by atoms with van der Waals surface area (Å²) in [7, 11) is 0. The lowest BCUT2D eigenvalue weighted by atomic mass is 10.0. The van der Waals surface area contributed by atoms with Crippen LogP contribution in [0.3, 0.4) is 0 Å². The molecule has 1 N–H and O–H groups in total. The summed E-state index contributed by atoms with van der Waals surface area (Å²) in [4.78, 5) is 0. The first-order valence-electron chi connectivity index (χ1n) is 6.29. The van der Waals surface area contributed by atoms with E-state index in [0.29, 0.717) is 50.4 Å². The second kappa shape index (κ2) is 6.05. The maximum atomic E-state index is 10.6. The first kappa shape index (κ1) is 15.0. The maximum Gasteiger partial charge on any atom is 0.162 e. The number of halogens is 3. The molecule has 0 aliphatic carbocycles. The fraction of sp³-hybridized carbons (Fsp3) is 0.200. The zero-order valence-corrected chi connectivity index (χ0v) is 13.9. The summed E-state index contributed by atoms with van der Waals surface area (Å²) >= 11 is 15.7. The highest BCUT2D eigenvalue weighted by atomic mass is 79.9. The van der Waals surface area contributed by atoms with Crippen LogP contribution >= 0.6 is 39.1 Å². The van der Waals surface area contributed by atoms with E-state index < -0.39 is 6.10 Å². The molecule has 2 aromatic carbocycles. The first-order valence-corrected chi connectivity index (χ1v) is 7.84. The number of aliphatic hydroxyl groups is 1. The molecule has 1 aliphatic rings. The number of benzene rings is 2. The molecule has 6 heteroatoms. The van der Waals surface area contributed by atoms with Crippen molar-refractivity contribution in [1.82, 2.24) is 0 Å². The standard InChI is InChI=1S/C15H11BrCl2O3/c16-9-7-13-12(20-4-5-21-13)6-8(9)15(19)14-10(17)2-1-3-11(14)18/h1-3,6-7,15,19H,4-5H2. The van der Waals surface area contributed by atoms with Crippen molar-refractivity contribution in [2.75, 3.05) is 13.2 Å². The Morgan fingerprint density at radius 3 is 2.24 bits per heavy atom. The minimum atomic E-state index is -0.962. The van der Waals surface area contributed by atoms with Crippen LogP contribution < -0.4 is 9.47 Å². The largest absolute Gasteiger partial charge is 0.486 e. The summed E-state index contributed by atoms with van der Waals surface area (Å²) in [6.07, 6.45) is -0.962. The van der Waals surface area contributed by atoms with E-state index in [-0.39, 0.29) is 0 Å². The van der Waals surface area contributed by atoms with Crippen molar-refractivity contribution < 1.29 is 14.6 Å². The molecule has 2 aromatic rings. The molecular weight excluding hydrogens is 379 g/mol. The predicted octanol–water partition coefficient (Wildman–Crippen LogP) is 4.61. The van der Waals surface area contributed by atoms with Crippen molar-refractivity contribution in [3.8, 4) is 11.5 Å². The molecule has 1 aliphatic heterocycles. The van der Waals surface area contributed by atoms with Gasteiger partial charge >= 0.3 is 0 Å². The van der Waals surface area contributed by atoms with Crippen LogP contribution in [-0.2, 0) is 0 Å². The van der Waals surface area contributed by atoms with Gasteiger partial charge in [0.1, 0.15) is 19.3 Å². The van der Waals surface area contributed by atoms with Gasteiger partial charge in [-0.3, -0.25) is 0 Å². The van der Waals surface area contributed by atoms with Crippen molar-refractivity contribution in [1.29, 1.82) is 0 Å². The molecule has 1 heterocycles. The van der Waals surface area contributed by atoms with Crippen LogP contribution in [0.2, 0.25) is 10.0 Å². The highest BCUT2D eigenvalue weighted by Gasteiger charge is 2.23. The molecule has 1 unspecified atom stereocenters. The molecule has 1 atom stereocenters. The highest BCUT2D eigenvalue weighted by Crippen LogP contribution is 2.42. The Balaban J connectivity index is 2.07. The summed E-state index contributed by atoms with van der Waals surface area (Å²) in [6.45, 7) is 0.995. The van der Waals surface area contributed by atoms with E-state index in [0.717, 1.165) is 0 Å². The molecule has 3 nitrogen and oxygen atoms in total. The summed E-state index contributed by atoms with van der Waals surface area (Å²) in [5, 5.41) is 11.5. The smallest absolute Gasteiger partial charge is 0.162 e. The van der Waals surface area contributed by atoms with E-state index in [1.807, 2.05) is 0 Å². The normalized spacial score (nSPS) is 14.9. The van der Waals surface area contributed by atoms with Gasteiger partial charge in [0, 0.05) is 25.6 Å². The molecule has 0 saturated carbocycles. The number of fused-ring (bicyclic) bond motifs is 1. The van der Waals surface area contributed by atoms with Crippen molar-refractivity contribution in [3.63, 3.8) is 0 Å². The Hall–Kier alpha value is -0.940. The fourth-order valence-corrected chi connectivity index (χ4v) is 3.36. The SMILES string of the molecule is OC(c1cc2c(cc1Br)OCCO2)c1c(Cl)cccc1Cl. The van der Waals surface area contributed by atoms with Gasteiger partial charge in [0.05, 0.1) is 0 Å². The van der Waals surface area contributed by atoms with E-state index in [1.54, 1.807) is 30.3 Å². The fourth-order valence-electron chi connectivity index (χ4n) is 2.22. The van der Waals surface area contributed by atoms with Gasteiger partial charge in [0.25, 0.3) is 0 Å². The summed E-state index contributed by atoms with van der Waals surface area (Å²) in [5.41, 5.74) is 1.09. The summed E-state index contributed by atoms with van der Waals surface area (Å²) in [5.74, 6) is 1.25. The average Bonchev–Trinajstić information content (AvgIpc) is 2.46. The van der Waals surface area contributed by atoms with Gasteiger partial charge in [-0.25, -0.2) is 0 Å². The molecular formula is C15H11BrCl2O3. The molecule has 0 fully saturated rings. The number of rotatable bonds is 2. The average molecular weight is 390 g/mol. The van der Waals surface area contributed by atoms with E-state index in [2.05, 4.69) is 15.9 Å². The third-order valence-electron chi connectivity index (χ3n) is 3.23. The minimum Gasteiger partial charge on any atom is -0.486 e. The van der Waals surface area contributed by atoms with E-state index in [1.165, 1.54) is 0 Å². The third kappa shape index (κ3) is 2.86. The maximum absolute atomic E-state index is 10.6. The van der Waals surface area contributed by atoms with Crippen LogP contribution in [0.4, 0.5) is 0 Å². The summed E-state index contributed by atoms with van der Waals surface area (Å²) in [6, 6.07) is 8.64. The number of hydrogen-bond acceptors (Lipinski definition) is 3.